The third kappa shape index (κ3) is 3.03. The van der Waals surface area contributed by atoms with Crippen LogP contribution in [-0.2, 0) is 26.9 Å². The van der Waals surface area contributed by atoms with Crippen LogP contribution in [0.4, 0.5) is 13.2 Å². The molecule has 4 nitrogen and oxygen atoms in total. The maximum atomic E-state index is 12.4. The van der Waals surface area contributed by atoms with Gasteiger partial charge in [-0.05, 0) is 45.9 Å². The molecule has 0 N–H and O–H groups in total. The minimum atomic E-state index is -4.95. The minimum absolute atomic E-state index is 0.167. The number of hydrogen-bond acceptors (Lipinski definition) is 3. The van der Waals surface area contributed by atoms with E-state index in [0.29, 0.717) is 19.6 Å². The maximum absolute atomic E-state index is 12.4. The van der Waals surface area contributed by atoms with Crippen LogP contribution in [-0.4, -0.2) is 25.4 Å². The van der Waals surface area contributed by atoms with Gasteiger partial charge >= 0.3 is 12.1 Å². The predicted molar refractivity (Wildman–Crippen MR) is 72.5 cm³/mol. The summed E-state index contributed by atoms with van der Waals surface area (Å²) in [7, 11) is 1.26. The molecule has 1 aliphatic heterocycles. The number of carbonyl (C=O) groups is 1. The van der Waals surface area contributed by atoms with Gasteiger partial charge in [-0.2, -0.15) is 13.2 Å². The number of hydrogen-bond donors (Lipinski definition) is 0. The number of amides is 1. The zero-order valence-electron chi connectivity index (χ0n) is 9.54. The van der Waals surface area contributed by atoms with Crippen LogP contribution in [0.25, 0.3) is 0 Å². The van der Waals surface area contributed by atoms with E-state index in [-0.39, 0.29) is 18.0 Å². The normalized spacial score (nSPS) is 15.3. The Morgan fingerprint density at radius 3 is 2.20 bits per heavy atom. The second-order valence-corrected chi connectivity index (χ2v) is 7.84. The second-order valence-electron chi connectivity index (χ2n) is 4.15. The van der Waals surface area contributed by atoms with Gasteiger partial charge in [0.25, 0.3) is 9.05 Å². The molecule has 1 aromatic carbocycles. The first-order valence-corrected chi connectivity index (χ1v) is 8.51. The Balaban J connectivity index is 2.37. The van der Waals surface area contributed by atoms with Crippen LogP contribution in [0.2, 0.25) is 0 Å². The maximum Gasteiger partial charge on any atom is 0.471 e. The van der Waals surface area contributed by atoms with E-state index >= 15 is 0 Å². The highest BCUT2D eigenvalue weighted by Gasteiger charge is 2.44. The summed E-state index contributed by atoms with van der Waals surface area (Å²) >= 11 is 1.73. The van der Waals surface area contributed by atoms with Crippen LogP contribution < -0.4 is 0 Å². The first kappa shape index (κ1) is 15.8. The third-order valence-electron chi connectivity index (χ3n) is 2.77. The van der Waals surface area contributed by atoms with E-state index in [1.165, 1.54) is 12.1 Å². The molecule has 1 aromatic rings. The Kier molecular flexibility index (Phi) is 3.97. The second kappa shape index (κ2) is 5.02. The van der Waals surface area contributed by atoms with Crippen molar-refractivity contribution in [2.45, 2.75) is 24.2 Å². The topological polar surface area (TPSA) is 54.5 Å². The highest BCUT2D eigenvalue weighted by Crippen LogP contribution is 2.32. The fraction of sp³-hybridized carbons (Fsp3) is 0.300. The van der Waals surface area contributed by atoms with Crippen molar-refractivity contribution in [3.05, 3.63) is 26.8 Å². The van der Waals surface area contributed by atoms with Gasteiger partial charge in [-0.1, -0.05) is 0 Å². The third-order valence-corrected chi connectivity index (χ3v) is 5.39. The molecule has 0 unspecified atom stereocenters. The standard InChI is InChI=1S/C10H6ClF3INO3S/c11-20(18,19)8-2-6-4-16(9(17)10(12,13)14)3-5(6)1-7(8)15/h1-2H,3-4H2. The monoisotopic (exact) mass is 439 g/mol. The van der Waals surface area contributed by atoms with Crippen molar-refractivity contribution in [1.82, 2.24) is 4.90 Å². The SMILES string of the molecule is O=C(N1Cc2cc(I)c(S(=O)(=O)Cl)cc2C1)C(F)(F)F. The summed E-state index contributed by atoms with van der Waals surface area (Å²) < 4.78 is 60.0. The molecule has 1 amide bonds. The lowest BCUT2D eigenvalue weighted by atomic mass is 10.1. The molecule has 0 bridgehead atoms. The van der Waals surface area contributed by atoms with Crippen LogP contribution >= 0.6 is 33.3 Å². The first-order valence-electron chi connectivity index (χ1n) is 5.12. The number of nitrogens with zero attached hydrogens (tertiary/aromatic N) is 1. The summed E-state index contributed by atoms with van der Waals surface area (Å²) in [6.45, 7) is -0.490. The molecular formula is C10H6ClF3INO3S. The molecule has 0 saturated heterocycles. The smallest absolute Gasteiger partial charge is 0.326 e. The Morgan fingerprint density at radius 2 is 1.75 bits per heavy atom. The van der Waals surface area contributed by atoms with E-state index < -0.39 is 21.1 Å². The van der Waals surface area contributed by atoms with E-state index in [1.807, 2.05) is 0 Å². The van der Waals surface area contributed by atoms with Crippen LogP contribution in [0.3, 0.4) is 0 Å². The van der Waals surface area contributed by atoms with Crippen molar-refractivity contribution in [3.63, 3.8) is 0 Å². The van der Waals surface area contributed by atoms with Crippen LogP contribution in [0.5, 0.6) is 0 Å². The van der Waals surface area contributed by atoms with Crippen molar-refractivity contribution in [2.75, 3.05) is 0 Å². The Morgan fingerprint density at radius 1 is 1.25 bits per heavy atom. The summed E-state index contributed by atoms with van der Waals surface area (Å²) in [6.07, 6.45) is -4.95. The zero-order chi connectivity index (χ0) is 15.3. The molecule has 0 atom stereocenters. The van der Waals surface area contributed by atoms with Crippen molar-refractivity contribution in [1.29, 1.82) is 0 Å². The van der Waals surface area contributed by atoms with E-state index in [2.05, 4.69) is 0 Å². The molecule has 110 valence electrons. The summed E-state index contributed by atoms with van der Waals surface area (Å²) in [4.78, 5) is 11.6. The molecular weight excluding hydrogens is 434 g/mol. The van der Waals surface area contributed by atoms with Gasteiger partial charge < -0.3 is 4.90 Å². The van der Waals surface area contributed by atoms with Crippen LogP contribution in [0, 0.1) is 3.57 Å². The molecule has 0 saturated carbocycles. The average Bonchev–Trinajstić information content (AvgIpc) is 2.66. The first-order chi connectivity index (χ1) is 9.00. The number of carbonyl (C=O) groups excluding carboxylic acids is 1. The molecule has 0 radical (unpaired) electrons. The van der Waals surface area contributed by atoms with Gasteiger partial charge in [-0.3, -0.25) is 4.79 Å². The Labute approximate surface area is 130 Å². The largest absolute Gasteiger partial charge is 0.471 e. The summed E-state index contributed by atoms with van der Waals surface area (Å²) in [6, 6.07) is 2.64. The van der Waals surface area contributed by atoms with Crippen molar-refractivity contribution in [2.24, 2.45) is 0 Å². The van der Waals surface area contributed by atoms with E-state index in [1.54, 1.807) is 22.6 Å². The molecule has 1 heterocycles. The predicted octanol–water partition coefficient (Wildman–Crippen LogP) is 2.62. The van der Waals surface area contributed by atoms with E-state index in [9.17, 15) is 26.4 Å². The molecule has 2 rings (SSSR count). The highest BCUT2D eigenvalue weighted by atomic mass is 127. The summed E-state index contributed by atoms with van der Waals surface area (Å²) in [5.74, 6) is -1.95. The van der Waals surface area contributed by atoms with Crippen molar-refractivity contribution >= 4 is 48.2 Å². The fourth-order valence-electron chi connectivity index (χ4n) is 1.91. The zero-order valence-corrected chi connectivity index (χ0v) is 13.3. The molecule has 0 aromatic heterocycles. The van der Waals surface area contributed by atoms with E-state index in [4.69, 9.17) is 10.7 Å². The van der Waals surface area contributed by atoms with Crippen LogP contribution in [0.1, 0.15) is 11.1 Å². The van der Waals surface area contributed by atoms with E-state index in [0.717, 1.165) is 0 Å². The van der Waals surface area contributed by atoms with Gasteiger partial charge in [0, 0.05) is 27.3 Å². The number of alkyl halides is 3. The van der Waals surface area contributed by atoms with Gasteiger partial charge in [-0.25, -0.2) is 8.42 Å². The number of rotatable bonds is 1. The van der Waals surface area contributed by atoms with Gasteiger partial charge in [0.2, 0.25) is 0 Å². The van der Waals surface area contributed by atoms with Gasteiger partial charge in [0.05, 0.1) is 4.90 Å². The Hall–Kier alpha value is -0.550. The van der Waals surface area contributed by atoms with Gasteiger partial charge in [-0.15, -0.1) is 0 Å². The fourth-order valence-corrected chi connectivity index (χ4v) is 4.66. The molecule has 20 heavy (non-hydrogen) atoms. The average molecular weight is 440 g/mol. The molecule has 10 heteroatoms. The summed E-state index contributed by atoms with van der Waals surface area (Å²) in [5.41, 5.74) is 0.832. The molecule has 0 aliphatic carbocycles. The molecule has 0 fully saturated rings. The van der Waals surface area contributed by atoms with Crippen molar-refractivity contribution < 1.29 is 26.4 Å². The lowest BCUT2D eigenvalue weighted by molar-refractivity contribution is -0.186. The quantitative estimate of drug-likeness (QED) is 0.499. The molecule has 0 spiro atoms. The van der Waals surface area contributed by atoms with Crippen molar-refractivity contribution in [3.8, 4) is 0 Å². The number of benzene rings is 1. The molecule has 1 aliphatic rings. The lowest BCUT2D eigenvalue weighted by Crippen LogP contribution is -2.37. The number of fused-ring (bicyclic) bond motifs is 1. The minimum Gasteiger partial charge on any atom is -0.326 e. The lowest BCUT2D eigenvalue weighted by Gasteiger charge is -2.16. The highest BCUT2D eigenvalue weighted by molar-refractivity contribution is 14.1. The van der Waals surface area contributed by atoms with Gasteiger partial charge in [0.15, 0.2) is 0 Å². The Bertz CT molecular complexity index is 690. The van der Waals surface area contributed by atoms with Gasteiger partial charge in [0.1, 0.15) is 0 Å². The summed E-state index contributed by atoms with van der Waals surface area (Å²) in [5, 5.41) is 0. The number of halogens is 5. The van der Waals surface area contributed by atoms with Crippen LogP contribution in [0.15, 0.2) is 17.0 Å².